The number of hydrogen-bond acceptors (Lipinski definition) is 3. The van der Waals surface area contributed by atoms with Crippen molar-refractivity contribution in [3.63, 3.8) is 0 Å². The van der Waals surface area contributed by atoms with Gasteiger partial charge in [-0.25, -0.2) is 4.39 Å². The molecule has 4 aromatic rings. The maximum atomic E-state index is 14.1. The summed E-state index contributed by atoms with van der Waals surface area (Å²) in [5.41, 5.74) is 3.49. The van der Waals surface area contributed by atoms with Crippen LogP contribution < -0.4 is 0 Å². The maximum absolute atomic E-state index is 14.1. The van der Waals surface area contributed by atoms with Gasteiger partial charge in [0.15, 0.2) is 5.76 Å². The van der Waals surface area contributed by atoms with E-state index < -0.39 is 0 Å². The van der Waals surface area contributed by atoms with Gasteiger partial charge < -0.3 is 18.8 Å². The Bertz CT molecular complexity index is 1370. The zero-order chi connectivity index (χ0) is 24.5. The lowest BCUT2D eigenvalue weighted by atomic mass is 10.1. The second-order valence-corrected chi connectivity index (χ2v) is 8.85. The van der Waals surface area contributed by atoms with E-state index in [1.165, 1.54) is 18.4 Å². The van der Waals surface area contributed by atoms with E-state index >= 15 is 0 Å². The van der Waals surface area contributed by atoms with Crippen molar-refractivity contribution in [3.05, 3.63) is 101 Å². The lowest BCUT2D eigenvalue weighted by Gasteiger charge is -2.34. The highest BCUT2D eigenvalue weighted by Gasteiger charge is 2.29. The molecule has 5 rings (SSSR count). The van der Waals surface area contributed by atoms with Crippen molar-refractivity contribution in [1.29, 1.82) is 0 Å². The second-order valence-electron chi connectivity index (χ2n) is 8.41. The minimum absolute atomic E-state index is 0.127. The van der Waals surface area contributed by atoms with Crippen molar-refractivity contribution in [2.45, 2.75) is 6.92 Å². The summed E-state index contributed by atoms with van der Waals surface area (Å²) in [6.07, 6.45) is 1.47. The molecule has 35 heavy (non-hydrogen) atoms. The van der Waals surface area contributed by atoms with Crippen LogP contribution in [0.25, 0.3) is 16.9 Å². The van der Waals surface area contributed by atoms with Crippen LogP contribution in [0.15, 0.2) is 77.4 Å². The number of benzene rings is 2. The van der Waals surface area contributed by atoms with Gasteiger partial charge >= 0.3 is 0 Å². The van der Waals surface area contributed by atoms with Gasteiger partial charge in [-0.3, -0.25) is 9.59 Å². The number of amides is 2. The van der Waals surface area contributed by atoms with Gasteiger partial charge in [0.1, 0.15) is 5.82 Å². The van der Waals surface area contributed by atoms with E-state index in [4.69, 9.17) is 16.0 Å². The van der Waals surface area contributed by atoms with Crippen molar-refractivity contribution < 1.29 is 18.4 Å². The lowest BCUT2D eigenvalue weighted by Crippen LogP contribution is -2.50. The van der Waals surface area contributed by atoms with Crippen LogP contribution in [0, 0.1) is 12.7 Å². The number of nitrogens with zero attached hydrogens (tertiary/aromatic N) is 3. The van der Waals surface area contributed by atoms with Crippen LogP contribution in [-0.2, 0) is 0 Å². The summed E-state index contributed by atoms with van der Waals surface area (Å²) < 4.78 is 21.2. The standard InChI is InChI=1S/C27H23ClFN3O3/c1-18-23(26(33)30-11-13-31(14-12-30)27(34)25-6-3-15-35-25)17-24(19-7-9-20(28)10-8-19)32(18)22-5-2-4-21(29)16-22/h2-10,15-17H,11-14H2,1H3. The largest absolute Gasteiger partial charge is 0.459 e. The van der Waals surface area contributed by atoms with Gasteiger partial charge in [0.05, 0.1) is 17.5 Å². The summed E-state index contributed by atoms with van der Waals surface area (Å²) in [4.78, 5) is 29.6. The van der Waals surface area contributed by atoms with E-state index in [2.05, 4.69) is 0 Å². The molecule has 6 nitrogen and oxygen atoms in total. The second kappa shape index (κ2) is 9.43. The van der Waals surface area contributed by atoms with Crippen molar-refractivity contribution >= 4 is 23.4 Å². The van der Waals surface area contributed by atoms with Gasteiger partial charge in [-0.15, -0.1) is 0 Å². The van der Waals surface area contributed by atoms with E-state index in [0.29, 0.717) is 53.9 Å². The Kier molecular flexibility index (Phi) is 6.17. The third-order valence-electron chi connectivity index (χ3n) is 6.27. The predicted octanol–water partition coefficient (Wildman–Crippen LogP) is 5.44. The third-order valence-corrected chi connectivity index (χ3v) is 6.52. The van der Waals surface area contributed by atoms with E-state index in [1.807, 2.05) is 35.8 Å². The normalized spacial score (nSPS) is 13.8. The zero-order valence-electron chi connectivity index (χ0n) is 19.1. The molecule has 3 heterocycles. The number of carbonyl (C=O) groups is 2. The highest BCUT2D eigenvalue weighted by atomic mass is 35.5. The van der Waals surface area contributed by atoms with Crippen LogP contribution in [0.3, 0.4) is 0 Å². The summed E-state index contributed by atoms with van der Waals surface area (Å²) in [5.74, 6) is -0.373. The van der Waals surface area contributed by atoms with Gasteiger partial charge in [-0.2, -0.15) is 0 Å². The molecule has 1 fully saturated rings. The first-order chi connectivity index (χ1) is 16.9. The molecule has 2 aromatic heterocycles. The van der Waals surface area contributed by atoms with Gasteiger partial charge in [0, 0.05) is 42.6 Å². The van der Waals surface area contributed by atoms with Crippen LogP contribution in [-0.4, -0.2) is 52.4 Å². The van der Waals surface area contributed by atoms with Gasteiger partial charge in [0.25, 0.3) is 11.8 Å². The highest BCUT2D eigenvalue weighted by Crippen LogP contribution is 2.31. The molecule has 0 atom stereocenters. The SMILES string of the molecule is Cc1c(C(=O)N2CCN(C(=O)c3ccco3)CC2)cc(-c2ccc(Cl)cc2)n1-c1cccc(F)c1. The number of piperazine rings is 1. The quantitative estimate of drug-likeness (QED) is 0.382. The Morgan fingerprint density at radius 2 is 1.57 bits per heavy atom. The zero-order valence-corrected chi connectivity index (χ0v) is 19.8. The molecule has 0 N–H and O–H groups in total. The molecule has 0 aliphatic carbocycles. The lowest BCUT2D eigenvalue weighted by molar-refractivity contribution is 0.0518. The molecule has 1 aliphatic rings. The number of carbonyl (C=O) groups excluding carboxylic acids is 2. The van der Waals surface area contributed by atoms with Gasteiger partial charge in [-0.05, 0) is 61.0 Å². The van der Waals surface area contributed by atoms with Crippen molar-refractivity contribution in [2.24, 2.45) is 0 Å². The molecule has 0 bridgehead atoms. The molecule has 0 saturated carbocycles. The molecule has 8 heteroatoms. The van der Waals surface area contributed by atoms with Gasteiger partial charge in [-0.1, -0.05) is 29.8 Å². The minimum Gasteiger partial charge on any atom is -0.459 e. The van der Waals surface area contributed by atoms with Crippen LogP contribution in [0.5, 0.6) is 0 Å². The van der Waals surface area contributed by atoms with E-state index in [-0.39, 0.29) is 17.6 Å². The molecular weight excluding hydrogens is 469 g/mol. The Morgan fingerprint density at radius 1 is 0.886 bits per heavy atom. The fourth-order valence-corrected chi connectivity index (χ4v) is 4.57. The molecule has 0 radical (unpaired) electrons. The predicted molar refractivity (Wildman–Crippen MR) is 131 cm³/mol. The monoisotopic (exact) mass is 491 g/mol. The van der Waals surface area contributed by atoms with Crippen LogP contribution in [0.1, 0.15) is 26.6 Å². The third kappa shape index (κ3) is 4.47. The number of aromatic nitrogens is 1. The van der Waals surface area contributed by atoms with E-state index in [0.717, 1.165) is 11.3 Å². The summed E-state index contributed by atoms with van der Waals surface area (Å²) >= 11 is 6.08. The van der Waals surface area contributed by atoms with Crippen molar-refractivity contribution in [3.8, 4) is 16.9 Å². The fourth-order valence-electron chi connectivity index (χ4n) is 4.44. The molecular formula is C27H23ClFN3O3. The average Bonchev–Trinajstić information content (AvgIpc) is 3.52. The maximum Gasteiger partial charge on any atom is 0.289 e. The summed E-state index contributed by atoms with van der Waals surface area (Å²) in [7, 11) is 0. The summed E-state index contributed by atoms with van der Waals surface area (Å²) in [5, 5.41) is 0.604. The topological polar surface area (TPSA) is 58.7 Å². The van der Waals surface area contributed by atoms with Crippen molar-refractivity contribution in [1.82, 2.24) is 14.4 Å². The molecule has 2 amide bonds. The molecule has 1 saturated heterocycles. The fraction of sp³-hybridized carbons (Fsp3) is 0.185. The number of furan rings is 1. The van der Waals surface area contributed by atoms with Crippen LogP contribution in [0.2, 0.25) is 5.02 Å². The smallest absolute Gasteiger partial charge is 0.289 e. The number of halogens is 2. The average molecular weight is 492 g/mol. The number of hydrogen-bond donors (Lipinski definition) is 0. The number of rotatable bonds is 4. The highest BCUT2D eigenvalue weighted by molar-refractivity contribution is 6.30. The van der Waals surface area contributed by atoms with Crippen LogP contribution in [0.4, 0.5) is 4.39 Å². The van der Waals surface area contributed by atoms with E-state index in [9.17, 15) is 14.0 Å². The Balaban J connectivity index is 1.45. The molecule has 1 aliphatic heterocycles. The molecule has 178 valence electrons. The Labute approximate surface area is 207 Å². The Morgan fingerprint density at radius 3 is 2.20 bits per heavy atom. The summed E-state index contributed by atoms with van der Waals surface area (Å²) in [6.45, 7) is 3.50. The molecule has 0 unspecified atom stereocenters. The van der Waals surface area contributed by atoms with Crippen molar-refractivity contribution in [2.75, 3.05) is 26.2 Å². The van der Waals surface area contributed by atoms with Gasteiger partial charge in [0.2, 0.25) is 0 Å². The minimum atomic E-state index is -0.358. The van der Waals surface area contributed by atoms with E-state index in [1.54, 1.807) is 40.1 Å². The summed E-state index contributed by atoms with van der Waals surface area (Å²) in [6, 6.07) is 18.8. The first-order valence-electron chi connectivity index (χ1n) is 11.3. The first kappa shape index (κ1) is 22.9. The molecule has 0 spiro atoms. The van der Waals surface area contributed by atoms with Crippen LogP contribution >= 0.6 is 11.6 Å². The first-order valence-corrected chi connectivity index (χ1v) is 11.7. The Hall–Kier alpha value is -3.84. The molecule has 2 aromatic carbocycles.